The Morgan fingerprint density at radius 3 is 2.00 bits per heavy atom. The molecule has 14 heteroatoms. The fourth-order valence-electron chi connectivity index (χ4n) is 2.76. The van der Waals surface area contributed by atoms with Gasteiger partial charge in [0.25, 0.3) is 0 Å². The van der Waals surface area contributed by atoms with Crippen LogP contribution in [0.5, 0.6) is 0 Å². The molecule has 11 N–H and O–H groups in total. The number of thioether (sulfide) groups is 1. The minimum absolute atomic E-state index is 0.0786. The lowest BCUT2D eigenvalue weighted by Gasteiger charge is -2.27. The van der Waals surface area contributed by atoms with Crippen LogP contribution in [-0.2, 0) is 19.2 Å². The fraction of sp³-hybridized carbons (Fsp3) is 0.750. The smallest absolute Gasteiger partial charge is 0.326 e. The number of nitrogens with two attached hydrogens (primary N) is 3. The monoisotopic (exact) mass is 505 g/mol. The third-order valence-corrected chi connectivity index (χ3v) is 5.53. The number of nitrogens with zero attached hydrogens (tertiary/aromatic N) is 1. The van der Waals surface area contributed by atoms with Gasteiger partial charge in [-0.2, -0.15) is 11.8 Å². The van der Waals surface area contributed by atoms with E-state index in [-0.39, 0.29) is 31.3 Å². The summed E-state index contributed by atoms with van der Waals surface area (Å²) in [6.07, 6.45) is 1.08. The first-order valence-electron chi connectivity index (χ1n) is 10.9. The van der Waals surface area contributed by atoms with Crippen molar-refractivity contribution in [3.63, 3.8) is 0 Å². The molecule has 0 rings (SSSR count). The van der Waals surface area contributed by atoms with Crippen LogP contribution < -0.4 is 33.2 Å². The van der Waals surface area contributed by atoms with E-state index in [1.165, 1.54) is 18.7 Å². The van der Waals surface area contributed by atoms with E-state index in [9.17, 15) is 29.4 Å². The van der Waals surface area contributed by atoms with Crippen molar-refractivity contribution >= 4 is 41.4 Å². The molecule has 3 amide bonds. The Labute approximate surface area is 204 Å². The van der Waals surface area contributed by atoms with Crippen LogP contribution in [0.3, 0.4) is 0 Å². The maximum absolute atomic E-state index is 12.9. The first-order valence-corrected chi connectivity index (χ1v) is 12.3. The lowest BCUT2D eigenvalue weighted by molar-refractivity contribution is -0.142. The number of amides is 3. The Morgan fingerprint density at radius 1 is 0.941 bits per heavy atom. The van der Waals surface area contributed by atoms with Gasteiger partial charge in [-0.25, -0.2) is 4.79 Å². The summed E-state index contributed by atoms with van der Waals surface area (Å²) in [5, 5.41) is 26.8. The number of hydrogen-bond donors (Lipinski definition) is 8. The molecule has 0 aromatic carbocycles. The zero-order valence-electron chi connectivity index (χ0n) is 20.1. The van der Waals surface area contributed by atoms with E-state index in [0.29, 0.717) is 12.2 Å². The summed E-state index contributed by atoms with van der Waals surface area (Å²) in [5.41, 5.74) is 16.4. The van der Waals surface area contributed by atoms with Crippen LogP contribution in [-0.4, -0.2) is 88.7 Å². The van der Waals surface area contributed by atoms with Crippen LogP contribution in [0.15, 0.2) is 4.99 Å². The first kappa shape index (κ1) is 31.4. The van der Waals surface area contributed by atoms with Gasteiger partial charge in [0.05, 0.1) is 12.1 Å². The third-order valence-electron chi connectivity index (χ3n) is 4.89. The second-order valence-electron chi connectivity index (χ2n) is 8.19. The number of carboxylic acids is 1. The molecule has 196 valence electrons. The largest absolute Gasteiger partial charge is 0.480 e. The summed E-state index contributed by atoms with van der Waals surface area (Å²) in [6, 6.07) is -4.58. The predicted octanol–water partition coefficient (Wildman–Crippen LogP) is -2.30. The zero-order chi connectivity index (χ0) is 26.4. The van der Waals surface area contributed by atoms with Crippen molar-refractivity contribution in [1.82, 2.24) is 16.0 Å². The maximum Gasteiger partial charge on any atom is 0.326 e. The zero-order valence-corrected chi connectivity index (χ0v) is 20.9. The highest BCUT2D eigenvalue weighted by atomic mass is 32.2. The van der Waals surface area contributed by atoms with Crippen molar-refractivity contribution < 1.29 is 29.4 Å². The Hall–Kier alpha value is -2.58. The molecule has 0 aromatic heterocycles. The van der Waals surface area contributed by atoms with Crippen LogP contribution in [0.25, 0.3) is 0 Å². The topological polar surface area (TPSA) is 235 Å². The maximum atomic E-state index is 12.9. The van der Waals surface area contributed by atoms with Gasteiger partial charge in [-0.05, 0) is 44.1 Å². The van der Waals surface area contributed by atoms with Crippen LogP contribution in [0.2, 0.25) is 0 Å². The van der Waals surface area contributed by atoms with Crippen molar-refractivity contribution in [3.05, 3.63) is 0 Å². The molecular formula is C20H39N7O6S. The quantitative estimate of drug-likeness (QED) is 0.0634. The SMILES string of the molecule is CSCCC(NC(=O)C(CCCN=C(N)N)NC(=O)C(NC(=O)C(N)C(C)C)C(C)O)C(=O)O. The second kappa shape index (κ2) is 16.1. The number of carboxylic acid groups (broad SMARTS) is 1. The molecule has 0 aliphatic rings. The lowest BCUT2D eigenvalue weighted by atomic mass is 10.0. The van der Waals surface area contributed by atoms with E-state index in [1.54, 1.807) is 13.8 Å². The highest BCUT2D eigenvalue weighted by molar-refractivity contribution is 7.98. The van der Waals surface area contributed by atoms with Gasteiger partial charge in [0.15, 0.2) is 5.96 Å². The van der Waals surface area contributed by atoms with Crippen LogP contribution in [0, 0.1) is 5.92 Å². The van der Waals surface area contributed by atoms with Gasteiger partial charge in [-0.3, -0.25) is 19.4 Å². The summed E-state index contributed by atoms with van der Waals surface area (Å²) in [4.78, 5) is 53.4. The number of guanidine groups is 1. The highest BCUT2D eigenvalue weighted by Crippen LogP contribution is 2.06. The van der Waals surface area contributed by atoms with E-state index >= 15 is 0 Å². The molecule has 5 atom stereocenters. The van der Waals surface area contributed by atoms with Crippen molar-refractivity contribution in [2.75, 3.05) is 18.6 Å². The van der Waals surface area contributed by atoms with Gasteiger partial charge in [-0.15, -0.1) is 0 Å². The number of carbonyl (C=O) groups is 4. The molecule has 0 heterocycles. The Bertz CT molecular complexity index is 716. The summed E-state index contributed by atoms with van der Waals surface area (Å²) in [6.45, 7) is 4.95. The summed E-state index contributed by atoms with van der Waals surface area (Å²) < 4.78 is 0. The third kappa shape index (κ3) is 12.0. The molecule has 34 heavy (non-hydrogen) atoms. The molecule has 5 unspecified atom stereocenters. The minimum Gasteiger partial charge on any atom is -0.480 e. The minimum atomic E-state index is -1.38. The second-order valence-corrected chi connectivity index (χ2v) is 9.17. The number of nitrogens with one attached hydrogen (secondary N) is 3. The molecule has 0 aromatic rings. The number of rotatable bonds is 16. The lowest BCUT2D eigenvalue weighted by Crippen LogP contribution is -2.60. The average Bonchev–Trinajstić information content (AvgIpc) is 2.74. The first-order chi connectivity index (χ1) is 15.8. The average molecular weight is 506 g/mol. The molecule has 0 bridgehead atoms. The molecule has 0 saturated carbocycles. The number of aliphatic hydroxyl groups excluding tert-OH is 1. The van der Waals surface area contributed by atoms with E-state index in [4.69, 9.17) is 17.2 Å². The summed E-state index contributed by atoms with van der Waals surface area (Å²) >= 11 is 1.43. The van der Waals surface area contributed by atoms with Crippen LogP contribution in [0.4, 0.5) is 0 Å². The molecule has 0 aliphatic carbocycles. The van der Waals surface area contributed by atoms with E-state index in [2.05, 4.69) is 20.9 Å². The molecule has 0 saturated heterocycles. The molecule has 0 radical (unpaired) electrons. The fourth-order valence-corrected chi connectivity index (χ4v) is 3.23. The Kier molecular flexibility index (Phi) is 14.9. The van der Waals surface area contributed by atoms with Crippen molar-refractivity contribution in [2.45, 2.75) is 70.3 Å². The Balaban J connectivity index is 5.53. The molecule has 13 nitrogen and oxygen atoms in total. The van der Waals surface area contributed by atoms with Crippen LogP contribution >= 0.6 is 11.8 Å². The molecule has 0 fully saturated rings. The normalized spacial score (nSPS) is 15.4. The van der Waals surface area contributed by atoms with E-state index in [1.807, 2.05) is 6.26 Å². The van der Waals surface area contributed by atoms with E-state index < -0.39 is 54.0 Å². The number of aliphatic hydroxyl groups is 1. The van der Waals surface area contributed by atoms with Crippen molar-refractivity contribution in [2.24, 2.45) is 28.1 Å². The predicted molar refractivity (Wildman–Crippen MR) is 131 cm³/mol. The number of aliphatic imine (C=N–C) groups is 1. The van der Waals surface area contributed by atoms with E-state index in [0.717, 1.165) is 0 Å². The molecule has 0 aliphatic heterocycles. The van der Waals surface area contributed by atoms with Gasteiger partial charge >= 0.3 is 5.97 Å². The van der Waals surface area contributed by atoms with Gasteiger partial charge in [0.2, 0.25) is 17.7 Å². The highest BCUT2D eigenvalue weighted by Gasteiger charge is 2.32. The summed E-state index contributed by atoms with van der Waals surface area (Å²) in [5.74, 6) is -3.21. The van der Waals surface area contributed by atoms with Crippen LogP contribution in [0.1, 0.15) is 40.0 Å². The Morgan fingerprint density at radius 2 is 1.53 bits per heavy atom. The molecule has 0 spiro atoms. The number of hydrogen-bond acceptors (Lipinski definition) is 8. The van der Waals surface area contributed by atoms with Crippen molar-refractivity contribution in [3.8, 4) is 0 Å². The number of aliphatic carboxylic acids is 1. The molecular weight excluding hydrogens is 466 g/mol. The summed E-state index contributed by atoms with van der Waals surface area (Å²) in [7, 11) is 0. The van der Waals surface area contributed by atoms with Gasteiger partial charge in [-0.1, -0.05) is 13.8 Å². The van der Waals surface area contributed by atoms with Gasteiger partial charge < -0.3 is 43.4 Å². The van der Waals surface area contributed by atoms with Gasteiger partial charge in [0, 0.05) is 6.54 Å². The van der Waals surface area contributed by atoms with Crippen molar-refractivity contribution in [1.29, 1.82) is 0 Å². The standard InChI is InChI=1S/C20H39N7O6S/c1-10(2)14(21)17(30)27-15(11(3)28)18(31)25-12(6-5-8-24-20(22)23)16(29)26-13(19(32)33)7-9-34-4/h10-15,28H,5-9,21H2,1-4H3,(H,25,31)(H,26,29)(H,27,30)(H,32,33)(H4,22,23,24). The number of carbonyl (C=O) groups excluding carboxylic acids is 3. The van der Waals surface area contributed by atoms with Gasteiger partial charge in [0.1, 0.15) is 18.1 Å².